The van der Waals surface area contributed by atoms with Crippen molar-refractivity contribution in [3.05, 3.63) is 60.8 Å². The van der Waals surface area contributed by atoms with Crippen molar-refractivity contribution in [3.8, 4) is 0 Å². The molecule has 11 heteroatoms. The van der Waals surface area contributed by atoms with Gasteiger partial charge in [0.1, 0.15) is 24.4 Å². The monoisotopic (exact) mass is 1170 g/mol. The van der Waals surface area contributed by atoms with E-state index in [4.69, 9.17) is 14.2 Å². The highest BCUT2D eigenvalue weighted by Gasteiger charge is 2.47. The van der Waals surface area contributed by atoms with Crippen molar-refractivity contribution in [2.75, 3.05) is 13.2 Å². The predicted molar refractivity (Wildman–Crippen MR) is 347 cm³/mol. The number of allylic oxidation sites excluding steroid dienone is 9. The summed E-state index contributed by atoms with van der Waals surface area (Å²) in [6.07, 6.45) is 65.5. The Kier molecular flexibility index (Phi) is 56.4. The summed E-state index contributed by atoms with van der Waals surface area (Å²) < 4.78 is 17.7. The van der Waals surface area contributed by atoms with Crippen LogP contribution in [-0.2, 0) is 23.8 Å². The van der Waals surface area contributed by atoms with Crippen LogP contribution in [0.25, 0.3) is 0 Å². The van der Waals surface area contributed by atoms with Gasteiger partial charge in [-0.3, -0.25) is 9.59 Å². The van der Waals surface area contributed by atoms with Crippen molar-refractivity contribution >= 4 is 11.9 Å². The summed E-state index contributed by atoms with van der Waals surface area (Å²) in [5.74, 6) is -1.20. The molecule has 0 bridgehead atoms. The molecule has 0 aromatic rings. The third-order valence-corrected chi connectivity index (χ3v) is 16.4. The zero-order chi connectivity index (χ0) is 60.3. The number of hydrogen-bond donors (Lipinski definition) is 6. The summed E-state index contributed by atoms with van der Waals surface area (Å²) in [4.78, 5) is 26.6. The van der Waals surface area contributed by atoms with Gasteiger partial charge in [0.15, 0.2) is 12.4 Å². The van der Waals surface area contributed by atoms with Gasteiger partial charge in [0.2, 0.25) is 5.91 Å². The van der Waals surface area contributed by atoms with Gasteiger partial charge in [0.05, 0.1) is 25.4 Å². The van der Waals surface area contributed by atoms with Gasteiger partial charge in [-0.2, -0.15) is 0 Å². The Morgan fingerprint density at radius 3 is 1.27 bits per heavy atom. The van der Waals surface area contributed by atoms with Crippen LogP contribution in [0.4, 0.5) is 0 Å². The fraction of sp³-hybridized carbons (Fsp3) is 0.833. The number of ether oxygens (including phenoxy) is 3. The van der Waals surface area contributed by atoms with Crippen LogP contribution in [0.15, 0.2) is 60.8 Å². The van der Waals surface area contributed by atoms with Gasteiger partial charge in [0.25, 0.3) is 0 Å². The van der Waals surface area contributed by atoms with Crippen LogP contribution >= 0.6 is 0 Å². The molecule has 1 heterocycles. The van der Waals surface area contributed by atoms with E-state index in [2.05, 4.69) is 74.7 Å². The van der Waals surface area contributed by atoms with E-state index in [-0.39, 0.29) is 19.4 Å². The van der Waals surface area contributed by atoms with Gasteiger partial charge in [-0.25, -0.2) is 0 Å². The van der Waals surface area contributed by atoms with Gasteiger partial charge in [-0.15, -0.1) is 0 Å². The molecule has 1 rings (SSSR count). The molecule has 0 aliphatic carbocycles. The third kappa shape index (κ3) is 47.2. The average Bonchev–Trinajstić information content (AvgIpc) is 3.61. The summed E-state index contributed by atoms with van der Waals surface area (Å²) in [6, 6.07) is -1.03. The molecular weight excluding hydrogens is 1040 g/mol. The highest BCUT2D eigenvalue weighted by Crippen LogP contribution is 2.26. The normalized spacial score (nSPS) is 18.9. The Balaban J connectivity index is 2.58. The summed E-state index contributed by atoms with van der Waals surface area (Å²) in [7, 11) is 0. The van der Waals surface area contributed by atoms with E-state index in [9.17, 15) is 35.1 Å². The minimum Gasteiger partial charge on any atom is -0.454 e. The van der Waals surface area contributed by atoms with Crippen molar-refractivity contribution in [2.24, 2.45) is 0 Å². The largest absolute Gasteiger partial charge is 0.454 e. The molecule has 6 N–H and O–H groups in total. The molecule has 83 heavy (non-hydrogen) atoms. The second kappa shape index (κ2) is 59.7. The van der Waals surface area contributed by atoms with E-state index < -0.39 is 67.4 Å². The minimum absolute atomic E-state index is 0.124. The molecule has 0 saturated carbocycles. The van der Waals surface area contributed by atoms with Crippen LogP contribution in [0.5, 0.6) is 0 Å². The SMILES string of the molecule is CCCCC/C=C\C/C=C\C/C=C\C/C=C\CCCCCCC(O)C(=O)NC(COC1OC(CO)C(O)C(O)C1OC(=O)CCCCCCCCCCCCCCCCCCCCCCCCC)C(O)/C=C/CCCCCCCCCCC. The Hall–Kier alpha value is -2.64. The highest BCUT2D eigenvalue weighted by molar-refractivity contribution is 5.80. The first kappa shape index (κ1) is 78.4. The number of aliphatic hydroxyl groups excluding tert-OH is 5. The number of esters is 1. The Bertz CT molecular complexity index is 1580. The number of rotatable bonds is 60. The Morgan fingerprint density at radius 2 is 0.831 bits per heavy atom. The van der Waals surface area contributed by atoms with Crippen molar-refractivity contribution in [3.63, 3.8) is 0 Å². The third-order valence-electron chi connectivity index (χ3n) is 16.4. The number of unbranched alkanes of at least 4 members (excludes halogenated alkanes) is 38. The molecule has 1 amide bonds. The van der Waals surface area contributed by atoms with E-state index in [0.717, 1.165) is 83.5 Å². The second-order valence-corrected chi connectivity index (χ2v) is 24.3. The zero-order valence-electron chi connectivity index (χ0n) is 53.8. The summed E-state index contributed by atoms with van der Waals surface area (Å²) >= 11 is 0. The lowest BCUT2D eigenvalue weighted by atomic mass is 9.99. The average molecular weight is 1170 g/mol. The van der Waals surface area contributed by atoms with Crippen LogP contribution in [0.2, 0.25) is 0 Å². The number of carbonyl (C=O) groups is 2. The minimum atomic E-state index is -1.62. The van der Waals surface area contributed by atoms with E-state index >= 15 is 0 Å². The van der Waals surface area contributed by atoms with Crippen molar-refractivity contribution < 1.29 is 49.3 Å². The first-order valence-electron chi connectivity index (χ1n) is 35.1. The topological polar surface area (TPSA) is 175 Å². The molecule has 0 radical (unpaired) electrons. The standard InChI is InChI=1S/C72H131NO10/c1-4-7-10-13-16-19-22-24-26-28-30-32-33-34-36-38-40-42-45-48-51-54-57-60-67(77)83-70-69(79)68(78)66(61-74)82-72(70)81-62-63(64(75)58-55-52-49-46-43-21-18-15-12-9-6-3)73-71(80)65(76)59-56-53-50-47-44-41-39-37-35-31-29-27-25-23-20-17-14-11-8-5-2/h17,20,25,27,31,35,39,41,55,58,63-66,68-70,72,74-76,78-79H,4-16,18-19,21-24,26,28-30,32-34,36-38,40,42-54,56-57,59-62H2,1-3H3,(H,73,80)/b20-17-,27-25-,35-31-,41-39-,58-55+. The molecule has 0 spiro atoms. The van der Waals surface area contributed by atoms with Gasteiger partial charge in [-0.05, 0) is 70.6 Å². The first-order chi connectivity index (χ1) is 40.7. The van der Waals surface area contributed by atoms with Crippen LogP contribution < -0.4 is 5.32 Å². The molecule has 484 valence electrons. The summed E-state index contributed by atoms with van der Waals surface area (Å²) in [6.45, 7) is 5.78. The Labute approximate surface area is 509 Å². The zero-order valence-corrected chi connectivity index (χ0v) is 53.8. The van der Waals surface area contributed by atoms with Crippen LogP contribution in [-0.4, -0.2) is 99.6 Å². The summed E-state index contributed by atoms with van der Waals surface area (Å²) in [5.41, 5.74) is 0. The maximum absolute atomic E-state index is 13.5. The smallest absolute Gasteiger partial charge is 0.306 e. The molecule has 8 unspecified atom stereocenters. The maximum atomic E-state index is 13.5. The molecule has 8 atom stereocenters. The molecule has 1 saturated heterocycles. The fourth-order valence-corrected chi connectivity index (χ4v) is 10.9. The lowest BCUT2D eigenvalue weighted by molar-refractivity contribution is -0.305. The summed E-state index contributed by atoms with van der Waals surface area (Å²) in [5, 5.41) is 57.1. The highest BCUT2D eigenvalue weighted by atomic mass is 16.7. The van der Waals surface area contributed by atoms with Crippen molar-refractivity contribution in [1.82, 2.24) is 5.32 Å². The maximum Gasteiger partial charge on any atom is 0.306 e. The lowest BCUT2D eigenvalue weighted by Gasteiger charge is -2.41. The van der Waals surface area contributed by atoms with Crippen LogP contribution in [0, 0.1) is 0 Å². The molecule has 0 aromatic carbocycles. The number of aliphatic hydroxyl groups is 5. The number of nitrogens with one attached hydrogen (secondary N) is 1. The van der Waals surface area contributed by atoms with Crippen molar-refractivity contribution in [1.29, 1.82) is 0 Å². The molecule has 1 aliphatic rings. The van der Waals surface area contributed by atoms with E-state index in [1.165, 1.54) is 193 Å². The quantitative estimate of drug-likeness (QED) is 0.0195. The molecule has 1 aliphatic heterocycles. The van der Waals surface area contributed by atoms with Crippen LogP contribution in [0.1, 0.15) is 323 Å². The Morgan fingerprint density at radius 1 is 0.470 bits per heavy atom. The van der Waals surface area contributed by atoms with Gasteiger partial charge in [-0.1, -0.05) is 306 Å². The van der Waals surface area contributed by atoms with Gasteiger partial charge in [0, 0.05) is 6.42 Å². The molecule has 0 aromatic heterocycles. The number of amides is 1. The van der Waals surface area contributed by atoms with Crippen LogP contribution in [0.3, 0.4) is 0 Å². The second-order valence-electron chi connectivity index (χ2n) is 24.3. The van der Waals surface area contributed by atoms with E-state index in [1.807, 2.05) is 6.08 Å². The van der Waals surface area contributed by atoms with Gasteiger partial charge >= 0.3 is 5.97 Å². The fourth-order valence-electron chi connectivity index (χ4n) is 10.9. The lowest BCUT2D eigenvalue weighted by Crippen LogP contribution is -2.61. The number of hydrogen-bond acceptors (Lipinski definition) is 10. The molecular formula is C72H131NO10. The molecule has 1 fully saturated rings. The number of carbonyl (C=O) groups excluding carboxylic acids is 2. The van der Waals surface area contributed by atoms with Crippen molar-refractivity contribution in [2.45, 2.75) is 372 Å². The van der Waals surface area contributed by atoms with E-state index in [1.54, 1.807) is 6.08 Å². The van der Waals surface area contributed by atoms with Gasteiger partial charge < -0.3 is 45.1 Å². The molecule has 11 nitrogen and oxygen atoms in total. The predicted octanol–water partition coefficient (Wildman–Crippen LogP) is 17.7. The van der Waals surface area contributed by atoms with E-state index in [0.29, 0.717) is 12.8 Å². The first-order valence-corrected chi connectivity index (χ1v) is 35.1.